The first kappa shape index (κ1) is 23.2. The molecular weight excluding hydrogens is 467 g/mol. The number of benzene rings is 1. The molecule has 4 N–H and O–H groups in total. The lowest BCUT2D eigenvalue weighted by Gasteiger charge is -2.35. The second-order valence-corrected chi connectivity index (χ2v) is 9.99. The van der Waals surface area contributed by atoms with Crippen LogP contribution in [-0.4, -0.2) is 40.3 Å². The first-order chi connectivity index (χ1) is 16.9. The van der Waals surface area contributed by atoms with Crippen LogP contribution in [0.3, 0.4) is 0 Å². The maximum Gasteiger partial charge on any atom is 0.269 e. The molecule has 2 aliphatic rings. The van der Waals surface area contributed by atoms with Crippen LogP contribution < -0.4 is 21.3 Å². The van der Waals surface area contributed by atoms with Crippen LogP contribution >= 0.6 is 11.5 Å². The summed E-state index contributed by atoms with van der Waals surface area (Å²) >= 11 is 1.29. The zero-order valence-electron chi connectivity index (χ0n) is 19.4. The Balaban J connectivity index is 1.29. The highest BCUT2D eigenvalue weighted by atomic mass is 32.1. The summed E-state index contributed by atoms with van der Waals surface area (Å²) in [7, 11) is 0. The Labute approximate surface area is 206 Å². The molecule has 1 saturated heterocycles. The molecule has 0 spiro atoms. The summed E-state index contributed by atoms with van der Waals surface area (Å²) in [5, 5.41) is 6.97. The Bertz CT molecular complexity index is 1270. The summed E-state index contributed by atoms with van der Waals surface area (Å²) in [5.74, 6) is -1.07. The minimum atomic E-state index is -0.626. The van der Waals surface area contributed by atoms with Gasteiger partial charge in [-0.2, -0.15) is 4.37 Å². The van der Waals surface area contributed by atoms with Crippen molar-refractivity contribution in [3.63, 3.8) is 0 Å². The van der Waals surface area contributed by atoms with Gasteiger partial charge in [0.15, 0.2) is 5.69 Å². The van der Waals surface area contributed by atoms with E-state index in [1.54, 1.807) is 12.3 Å². The highest BCUT2D eigenvalue weighted by molar-refractivity contribution is 7.10. The number of hydrogen-bond acceptors (Lipinski definition) is 7. The molecule has 10 heteroatoms. The van der Waals surface area contributed by atoms with Crippen LogP contribution in [0.15, 0.2) is 36.5 Å². The van der Waals surface area contributed by atoms with Crippen molar-refractivity contribution < 1.29 is 14.0 Å². The van der Waals surface area contributed by atoms with Crippen molar-refractivity contribution in [3.8, 4) is 0 Å². The molecule has 5 rings (SSSR count). The Kier molecular flexibility index (Phi) is 6.38. The van der Waals surface area contributed by atoms with Crippen molar-refractivity contribution in [2.24, 2.45) is 5.73 Å². The summed E-state index contributed by atoms with van der Waals surface area (Å²) in [6.45, 7) is 3.21. The Morgan fingerprint density at radius 3 is 2.71 bits per heavy atom. The van der Waals surface area contributed by atoms with E-state index in [1.165, 1.54) is 17.6 Å². The van der Waals surface area contributed by atoms with Crippen LogP contribution in [0.1, 0.15) is 63.7 Å². The van der Waals surface area contributed by atoms with Crippen LogP contribution in [0.2, 0.25) is 0 Å². The molecule has 2 amide bonds. The molecule has 0 radical (unpaired) electrons. The highest BCUT2D eigenvalue weighted by Crippen LogP contribution is 2.40. The lowest BCUT2D eigenvalue weighted by molar-refractivity contribution is 0.0928. The quantitative estimate of drug-likeness (QED) is 0.456. The zero-order valence-corrected chi connectivity index (χ0v) is 20.2. The fraction of sp³-hybridized carbons (Fsp3) is 0.360. The fourth-order valence-electron chi connectivity index (χ4n) is 4.45. The maximum atomic E-state index is 14.6. The fourth-order valence-corrected chi connectivity index (χ4v) is 5.13. The standard InChI is InChI=1S/C25H27FN6O2S/c1-14-9-22(35-31-14)30-21-11-18(12-28-23(21)24(27)33)32-8-2-3-17(13-32)29-25(34)19-7-6-16(10-20(19)26)15-4-5-15/h6-7,9-12,15,17,30H,2-5,8,13H2,1H3,(H2,27,33)(H,29,34)/t17-/m1/s1. The summed E-state index contributed by atoms with van der Waals surface area (Å²) in [6.07, 6.45) is 5.42. The van der Waals surface area contributed by atoms with Crippen LogP contribution in [-0.2, 0) is 0 Å². The molecule has 35 heavy (non-hydrogen) atoms. The highest BCUT2D eigenvalue weighted by Gasteiger charge is 2.27. The van der Waals surface area contributed by atoms with Crippen LogP contribution in [0.4, 0.5) is 20.8 Å². The van der Waals surface area contributed by atoms with Crippen LogP contribution in [0, 0.1) is 12.7 Å². The molecule has 182 valence electrons. The van der Waals surface area contributed by atoms with Gasteiger partial charge in [0, 0.05) is 19.1 Å². The molecule has 0 unspecified atom stereocenters. The van der Waals surface area contributed by atoms with Gasteiger partial charge in [0.25, 0.3) is 11.8 Å². The van der Waals surface area contributed by atoms with E-state index in [0.717, 1.165) is 54.2 Å². The predicted molar refractivity (Wildman–Crippen MR) is 134 cm³/mol. The van der Waals surface area contributed by atoms with Crippen molar-refractivity contribution in [2.75, 3.05) is 23.3 Å². The molecule has 1 aromatic carbocycles. The number of aromatic nitrogens is 2. The van der Waals surface area contributed by atoms with Gasteiger partial charge in [0.1, 0.15) is 10.8 Å². The number of hydrogen-bond donors (Lipinski definition) is 3. The third kappa shape index (κ3) is 5.27. The van der Waals surface area contributed by atoms with E-state index in [1.807, 2.05) is 25.1 Å². The Hall–Kier alpha value is -3.53. The van der Waals surface area contributed by atoms with E-state index < -0.39 is 17.6 Å². The molecule has 1 atom stereocenters. The minimum absolute atomic E-state index is 0.0744. The average molecular weight is 495 g/mol. The molecule has 3 heterocycles. The smallest absolute Gasteiger partial charge is 0.269 e. The summed E-state index contributed by atoms with van der Waals surface area (Å²) in [4.78, 5) is 31.1. The van der Waals surface area contributed by atoms with E-state index in [9.17, 15) is 14.0 Å². The Morgan fingerprint density at radius 2 is 2.03 bits per heavy atom. The number of pyridine rings is 1. The largest absolute Gasteiger partial charge is 0.368 e. The van der Waals surface area contributed by atoms with Gasteiger partial charge < -0.3 is 21.3 Å². The number of halogens is 1. The van der Waals surface area contributed by atoms with Crippen molar-refractivity contribution >= 4 is 39.7 Å². The van der Waals surface area contributed by atoms with Gasteiger partial charge in [-0.25, -0.2) is 9.37 Å². The van der Waals surface area contributed by atoms with E-state index in [-0.39, 0.29) is 17.3 Å². The number of nitrogens with zero attached hydrogens (tertiary/aromatic N) is 3. The normalized spacial score (nSPS) is 17.8. The number of primary amides is 1. The third-order valence-corrected chi connectivity index (χ3v) is 7.20. The zero-order chi connectivity index (χ0) is 24.5. The van der Waals surface area contributed by atoms with E-state index in [2.05, 4.69) is 24.9 Å². The number of piperidine rings is 1. The summed E-state index contributed by atoms with van der Waals surface area (Å²) in [5.41, 5.74) is 8.89. The molecule has 1 saturated carbocycles. The van der Waals surface area contributed by atoms with Gasteiger partial charge in [-0.1, -0.05) is 6.07 Å². The average Bonchev–Trinajstić information content (AvgIpc) is 3.61. The molecular formula is C25H27FN6O2S. The van der Waals surface area contributed by atoms with Crippen molar-refractivity contribution in [1.29, 1.82) is 0 Å². The lowest BCUT2D eigenvalue weighted by Crippen LogP contribution is -2.48. The topological polar surface area (TPSA) is 113 Å². The van der Waals surface area contributed by atoms with Crippen molar-refractivity contribution in [2.45, 2.75) is 44.6 Å². The number of rotatable bonds is 7. The second-order valence-electron chi connectivity index (χ2n) is 9.18. The molecule has 1 aliphatic carbocycles. The number of nitrogens with one attached hydrogen (secondary N) is 2. The first-order valence-corrected chi connectivity index (χ1v) is 12.5. The van der Waals surface area contributed by atoms with E-state index in [0.29, 0.717) is 18.2 Å². The van der Waals surface area contributed by atoms with Crippen LogP contribution in [0.25, 0.3) is 0 Å². The molecule has 2 aromatic heterocycles. The number of anilines is 3. The number of carbonyl (C=O) groups excluding carboxylic acids is 2. The van der Waals surface area contributed by atoms with Gasteiger partial charge in [-0.05, 0) is 79.9 Å². The minimum Gasteiger partial charge on any atom is -0.368 e. The maximum absolute atomic E-state index is 14.6. The van der Waals surface area contributed by atoms with Crippen molar-refractivity contribution in [1.82, 2.24) is 14.7 Å². The van der Waals surface area contributed by atoms with Gasteiger partial charge in [0.05, 0.1) is 28.8 Å². The first-order valence-electron chi connectivity index (χ1n) is 11.7. The molecule has 1 aliphatic heterocycles. The van der Waals surface area contributed by atoms with Gasteiger partial charge in [-0.15, -0.1) is 0 Å². The molecule has 3 aromatic rings. The van der Waals surface area contributed by atoms with Crippen molar-refractivity contribution in [3.05, 3.63) is 64.9 Å². The molecule has 8 nitrogen and oxygen atoms in total. The monoisotopic (exact) mass is 494 g/mol. The molecule has 2 fully saturated rings. The number of amides is 2. The second kappa shape index (κ2) is 9.61. The number of nitrogens with two attached hydrogens (primary N) is 1. The SMILES string of the molecule is Cc1cc(Nc2cc(N3CCC[C@@H](NC(=O)c4ccc(C5CC5)cc4F)C3)cnc2C(N)=O)sn1. The number of aryl methyl sites for hydroxylation is 1. The van der Waals surface area contributed by atoms with E-state index in [4.69, 9.17) is 5.73 Å². The van der Waals surface area contributed by atoms with Gasteiger partial charge in [0.2, 0.25) is 0 Å². The molecule has 0 bridgehead atoms. The van der Waals surface area contributed by atoms with Gasteiger partial charge in [-0.3, -0.25) is 9.59 Å². The summed E-state index contributed by atoms with van der Waals surface area (Å²) < 4.78 is 18.8. The van der Waals surface area contributed by atoms with Crippen LogP contribution in [0.5, 0.6) is 0 Å². The van der Waals surface area contributed by atoms with Gasteiger partial charge >= 0.3 is 0 Å². The number of carbonyl (C=O) groups is 2. The third-order valence-electron chi connectivity index (χ3n) is 6.40. The van der Waals surface area contributed by atoms with E-state index >= 15 is 0 Å². The lowest BCUT2D eigenvalue weighted by atomic mass is 10.0. The predicted octanol–water partition coefficient (Wildman–Crippen LogP) is 4.10. The summed E-state index contributed by atoms with van der Waals surface area (Å²) in [6, 6.07) is 8.51. The Morgan fingerprint density at radius 1 is 1.20 bits per heavy atom.